The molecule has 1 aromatic heterocycles. The number of ether oxygens (including phenoxy) is 1. The minimum Gasteiger partial charge on any atom is -0.369 e. The van der Waals surface area contributed by atoms with Crippen LogP contribution in [0.5, 0.6) is 0 Å². The molecule has 0 spiro atoms. The lowest BCUT2D eigenvalue weighted by molar-refractivity contribution is 0.129. The molecule has 0 saturated heterocycles. The molecule has 19 heavy (non-hydrogen) atoms. The summed E-state index contributed by atoms with van der Waals surface area (Å²) in [6.07, 6.45) is 1.72. The van der Waals surface area contributed by atoms with Crippen LogP contribution in [0.25, 0.3) is 0 Å². The zero-order valence-electron chi connectivity index (χ0n) is 11.7. The van der Waals surface area contributed by atoms with Crippen molar-refractivity contribution in [2.45, 2.75) is 32.5 Å². The number of imidazole rings is 1. The summed E-state index contributed by atoms with van der Waals surface area (Å²) in [6, 6.07) is 10.6. The van der Waals surface area contributed by atoms with Gasteiger partial charge in [0, 0.05) is 31.6 Å². The lowest BCUT2D eigenvalue weighted by Crippen LogP contribution is -2.22. The molecule has 1 heterocycles. The Bertz CT molecular complexity index is 493. The third kappa shape index (κ3) is 3.66. The fourth-order valence-electron chi connectivity index (χ4n) is 1.95. The van der Waals surface area contributed by atoms with Crippen LogP contribution in [0.1, 0.15) is 37.0 Å². The van der Waals surface area contributed by atoms with Gasteiger partial charge in [0.2, 0.25) is 0 Å². The van der Waals surface area contributed by atoms with Crippen LogP contribution in [0.4, 0.5) is 0 Å². The Hall–Kier alpha value is -1.65. The molecular weight excluding hydrogens is 238 g/mol. The van der Waals surface area contributed by atoms with E-state index in [1.165, 1.54) is 0 Å². The van der Waals surface area contributed by atoms with Gasteiger partial charge in [-0.05, 0) is 5.56 Å². The predicted octanol–water partition coefficient (Wildman–Crippen LogP) is 2.64. The van der Waals surface area contributed by atoms with Crippen molar-refractivity contribution in [3.05, 3.63) is 53.6 Å². The topological polar surface area (TPSA) is 49.9 Å². The number of aromatic nitrogens is 2. The maximum absolute atomic E-state index is 5.55. The first-order chi connectivity index (χ1) is 9.20. The average molecular weight is 259 g/mol. The van der Waals surface area contributed by atoms with E-state index in [1.807, 2.05) is 36.5 Å². The molecule has 0 saturated carbocycles. The van der Waals surface area contributed by atoms with E-state index in [-0.39, 0.29) is 6.10 Å². The summed E-state index contributed by atoms with van der Waals surface area (Å²) in [5.74, 6) is 0.842. The van der Waals surface area contributed by atoms with Crippen molar-refractivity contribution in [3.63, 3.8) is 0 Å². The molecule has 1 aromatic carbocycles. The van der Waals surface area contributed by atoms with E-state index in [1.54, 1.807) is 7.11 Å². The number of hydrogen-bond donors (Lipinski definition) is 2. The summed E-state index contributed by atoms with van der Waals surface area (Å²) in [4.78, 5) is 7.74. The molecule has 0 radical (unpaired) electrons. The Morgan fingerprint density at radius 3 is 2.63 bits per heavy atom. The minimum atomic E-state index is -0.144. The first kappa shape index (κ1) is 13.8. The maximum Gasteiger partial charge on any atom is 0.140 e. The molecule has 102 valence electrons. The van der Waals surface area contributed by atoms with Crippen molar-refractivity contribution >= 4 is 0 Å². The molecule has 2 N–H and O–H groups in total. The molecule has 4 nitrogen and oxygen atoms in total. The van der Waals surface area contributed by atoms with E-state index in [9.17, 15) is 0 Å². The normalized spacial score (nSPS) is 12.8. The van der Waals surface area contributed by atoms with Crippen LogP contribution in [0.2, 0.25) is 0 Å². The van der Waals surface area contributed by atoms with Crippen LogP contribution in [0.15, 0.2) is 36.5 Å². The molecule has 4 heteroatoms. The number of nitrogens with zero attached hydrogens (tertiary/aromatic N) is 1. The summed E-state index contributed by atoms with van der Waals surface area (Å²) >= 11 is 0. The third-order valence-corrected chi connectivity index (χ3v) is 2.94. The predicted molar refractivity (Wildman–Crippen MR) is 75.9 cm³/mol. The molecule has 0 amide bonds. The van der Waals surface area contributed by atoms with Crippen LogP contribution in [-0.2, 0) is 11.3 Å². The highest BCUT2D eigenvalue weighted by Crippen LogP contribution is 2.22. The molecular formula is C15H21N3O. The van der Waals surface area contributed by atoms with Gasteiger partial charge in [-0.1, -0.05) is 44.2 Å². The van der Waals surface area contributed by atoms with E-state index < -0.39 is 0 Å². The zero-order valence-corrected chi connectivity index (χ0v) is 11.7. The highest BCUT2D eigenvalue weighted by Gasteiger charge is 2.16. The molecule has 0 bridgehead atoms. The first-order valence-corrected chi connectivity index (χ1v) is 6.55. The highest BCUT2D eigenvalue weighted by atomic mass is 16.5. The molecule has 0 aliphatic rings. The molecule has 2 rings (SSSR count). The van der Waals surface area contributed by atoms with Gasteiger partial charge in [-0.3, -0.25) is 0 Å². The number of hydrogen-bond acceptors (Lipinski definition) is 3. The van der Waals surface area contributed by atoms with Gasteiger partial charge < -0.3 is 15.0 Å². The number of methoxy groups -OCH3 is 1. The maximum atomic E-state index is 5.55. The van der Waals surface area contributed by atoms with Crippen molar-refractivity contribution in [1.29, 1.82) is 0 Å². The van der Waals surface area contributed by atoms with Crippen LogP contribution in [0, 0.1) is 0 Å². The monoisotopic (exact) mass is 259 g/mol. The summed E-state index contributed by atoms with van der Waals surface area (Å²) in [6.45, 7) is 5.04. The molecule has 0 fully saturated rings. The van der Waals surface area contributed by atoms with Crippen LogP contribution in [0.3, 0.4) is 0 Å². The van der Waals surface area contributed by atoms with Crippen LogP contribution in [-0.4, -0.2) is 23.1 Å². The van der Waals surface area contributed by atoms with Crippen LogP contribution < -0.4 is 5.32 Å². The second-order valence-electron chi connectivity index (χ2n) is 4.86. The summed E-state index contributed by atoms with van der Waals surface area (Å²) in [5.41, 5.74) is 2.17. The van der Waals surface area contributed by atoms with Crippen molar-refractivity contribution in [2.75, 3.05) is 7.11 Å². The Morgan fingerprint density at radius 2 is 2.00 bits per heavy atom. The quantitative estimate of drug-likeness (QED) is 0.838. The van der Waals surface area contributed by atoms with E-state index in [0.29, 0.717) is 6.04 Å². The van der Waals surface area contributed by atoms with Gasteiger partial charge in [-0.25, -0.2) is 4.98 Å². The summed E-state index contributed by atoms with van der Waals surface area (Å²) in [7, 11) is 1.70. The van der Waals surface area contributed by atoms with E-state index in [0.717, 1.165) is 23.6 Å². The van der Waals surface area contributed by atoms with Crippen molar-refractivity contribution in [1.82, 2.24) is 15.3 Å². The highest BCUT2D eigenvalue weighted by molar-refractivity contribution is 5.23. The van der Waals surface area contributed by atoms with Gasteiger partial charge in [0.1, 0.15) is 11.9 Å². The smallest absolute Gasteiger partial charge is 0.140 e. The van der Waals surface area contributed by atoms with Crippen LogP contribution >= 0.6 is 0 Å². The zero-order chi connectivity index (χ0) is 13.7. The molecule has 0 aliphatic heterocycles. The number of rotatable bonds is 6. The Morgan fingerprint density at radius 1 is 1.26 bits per heavy atom. The Labute approximate surface area is 114 Å². The lowest BCUT2D eigenvalue weighted by atomic mass is 10.1. The first-order valence-electron chi connectivity index (χ1n) is 6.55. The lowest BCUT2D eigenvalue weighted by Gasteiger charge is -2.13. The summed E-state index contributed by atoms with van der Waals surface area (Å²) in [5, 5.41) is 3.36. The fourth-order valence-corrected chi connectivity index (χ4v) is 1.95. The SMILES string of the molecule is COC(c1ccccc1)c1ncc(CNC(C)C)[nH]1. The van der Waals surface area contributed by atoms with E-state index in [4.69, 9.17) is 4.74 Å². The van der Waals surface area contributed by atoms with Gasteiger partial charge in [0.05, 0.1) is 0 Å². The second-order valence-corrected chi connectivity index (χ2v) is 4.86. The number of H-pyrrole nitrogens is 1. The Kier molecular flexibility index (Phi) is 4.71. The molecule has 0 aliphatic carbocycles. The van der Waals surface area contributed by atoms with E-state index >= 15 is 0 Å². The van der Waals surface area contributed by atoms with Gasteiger partial charge in [0.25, 0.3) is 0 Å². The fraction of sp³-hybridized carbons (Fsp3) is 0.400. The molecule has 2 aromatic rings. The number of aromatic amines is 1. The number of benzene rings is 1. The standard InChI is InChI=1S/C15H21N3O/c1-11(2)16-9-13-10-17-15(18-13)14(19-3)12-7-5-4-6-8-12/h4-8,10-11,14,16H,9H2,1-3H3,(H,17,18). The van der Waals surface area contributed by atoms with Crippen molar-refractivity contribution in [2.24, 2.45) is 0 Å². The summed E-state index contributed by atoms with van der Waals surface area (Å²) < 4.78 is 5.55. The van der Waals surface area contributed by atoms with Gasteiger partial charge in [-0.15, -0.1) is 0 Å². The largest absolute Gasteiger partial charge is 0.369 e. The van der Waals surface area contributed by atoms with Crippen molar-refractivity contribution in [3.8, 4) is 0 Å². The van der Waals surface area contributed by atoms with Gasteiger partial charge in [-0.2, -0.15) is 0 Å². The minimum absolute atomic E-state index is 0.144. The van der Waals surface area contributed by atoms with Crippen molar-refractivity contribution < 1.29 is 4.74 Å². The Balaban J connectivity index is 2.12. The molecule has 1 atom stereocenters. The average Bonchev–Trinajstić information content (AvgIpc) is 2.87. The van der Waals surface area contributed by atoms with Gasteiger partial charge >= 0.3 is 0 Å². The van der Waals surface area contributed by atoms with Gasteiger partial charge in [0.15, 0.2) is 0 Å². The number of nitrogens with one attached hydrogen (secondary N) is 2. The van der Waals surface area contributed by atoms with E-state index in [2.05, 4.69) is 29.1 Å². The second kappa shape index (κ2) is 6.50. The molecule has 1 unspecified atom stereocenters. The third-order valence-electron chi connectivity index (χ3n) is 2.94.